The number of nitrogens with zero attached hydrogens (tertiary/aromatic N) is 3. The summed E-state index contributed by atoms with van der Waals surface area (Å²) in [5, 5.41) is 3.20. The van der Waals surface area contributed by atoms with Gasteiger partial charge < -0.3 is 19.4 Å². The van der Waals surface area contributed by atoms with Crippen LogP contribution in [0.15, 0.2) is 64.3 Å². The monoisotopic (exact) mass is 620 g/mol. The van der Waals surface area contributed by atoms with Crippen LogP contribution in [-0.4, -0.2) is 53.4 Å². The van der Waals surface area contributed by atoms with E-state index in [4.69, 9.17) is 21.1 Å². The first-order valence-corrected chi connectivity index (χ1v) is 14.5. The quantitative estimate of drug-likeness (QED) is 0.298. The lowest BCUT2D eigenvalue weighted by Gasteiger charge is -2.24. The number of nitrogens with one attached hydrogen (secondary N) is 1. The number of rotatable bonds is 8. The van der Waals surface area contributed by atoms with Crippen molar-refractivity contribution < 1.29 is 18.7 Å². The van der Waals surface area contributed by atoms with E-state index in [-0.39, 0.29) is 11.6 Å². The van der Waals surface area contributed by atoms with Crippen LogP contribution in [0.1, 0.15) is 27.9 Å². The van der Waals surface area contributed by atoms with Crippen molar-refractivity contribution in [3.05, 3.63) is 103 Å². The minimum Gasteiger partial charge on any atom is -0.496 e. The topological polar surface area (TPSA) is 94.8 Å². The highest BCUT2D eigenvalue weighted by Gasteiger charge is 2.24. The van der Waals surface area contributed by atoms with Crippen LogP contribution < -0.4 is 21.3 Å². The Morgan fingerprint density at radius 3 is 2.55 bits per heavy atom. The van der Waals surface area contributed by atoms with E-state index in [0.717, 1.165) is 16.6 Å². The SMILES string of the molecule is COc1cc(-c2cccc(-c3cccc(NC(=O)c4cn(C)c(=O)n(C)c4=O)c3C)c2Cl)cc(F)c1CN(C)[C@@H]1CCOC1. The van der Waals surface area contributed by atoms with E-state index in [9.17, 15) is 14.4 Å². The van der Waals surface area contributed by atoms with Gasteiger partial charge in [0, 0.05) is 61.9 Å². The second-order valence-corrected chi connectivity index (χ2v) is 11.3. The summed E-state index contributed by atoms with van der Waals surface area (Å²) in [6.45, 7) is 3.53. The minimum atomic E-state index is -0.692. The van der Waals surface area contributed by atoms with Gasteiger partial charge in [0.2, 0.25) is 0 Å². The van der Waals surface area contributed by atoms with Crippen LogP contribution >= 0.6 is 11.6 Å². The highest BCUT2D eigenvalue weighted by Crippen LogP contribution is 2.41. The molecular formula is C33H34ClFN4O5. The first-order valence-electron chi connectivity index (χ1n) is 14.1. The predicted octanol–water partition coefficient (Wildman–Crippen LogP) is 5.00. The average molecular weight is 621 g/mol. The van der Waals surface area contributed by atoms with Crippen LogP contribution in [0, 0.1) is 12.7 Å². The summed E-state index contributed by atoms with van der Waals surface area (Å²) in [5.74, 6) is -0.607. The molecule has 0 aliphatic carbocycles. The standard InChI is InChI=1S/C33H34ClFN4O5/c1-19-22(8-7-11-28(19)36-31(40)26-17-38(3)33(42)39(4)32(26)41)24-10-6-9-23(30(24)34)20-14-27(35)25(29(15-20)43-5)16-37(2)21-12-13-44-18-21/h6-11,14-15,17,21H,12-13,16,18H2,1-5H3,(H,36,40)/t21-/m1/s1. The van der Waals surface area contributed by atoms with Crippen molar-refractivity contribution in [1.82, 2.24) is 14.0 Å². The molecular weight excluding hydrogens is 587 g/mol. The lowest BCUT2D eigenvalue weighted by molar-refractivity contribution is 0.102. The Kier molecular flexibility index (Phi) is 9.05. The molecule has 5 rings (SSSR count). The number of ether oxygens (including phenoxy) is 2. The van der Waals surface area contributed by atoms with Gasteiger partial charge in [0.1, 0.15) is 17.1 Å². The molecule has 0 unspecified atom stereocenters. The van der Waals surface area contributed by atoms with Gasteiger partial charge in [-0.15, -0.1) is 0 Å². The fourth-order valence-electron chi connectivity index (χ4n) is 5.53. The van der Waals surface area contributed by atoms with Crippen molar-refractivity contribution in [3.63, 3.8) is 0 Å². The molecule has 4 aromatic rings. The molecule has 1 amide bonds. The number of halogens is 2. The van der Waals surface area contributed by atoms with Gasteiger partial charge in [-0.3, -0.25) is 19.1 Å². The summed E-state index contributed by atoms with van der Waals surface area (Å²) in [6.07, 6.45) is 2.12. The number of anilines is 1. The number of benzene rings is 3. The fraction of sp³-hybridized carbons (Fsp3) is 0.303. The summed E-state index contributed by atoms with van der Waals surface area (Å²) in [6, 6.07) is 14.3. The maximum atomic E-state index is 15.6. The molecule has 230 valence electrons. The zero-order chi connectivity index (χ0) is 31.7. The molecule has 1 aliphatic rings. The zero-order valence-corrected chi connectivity index (χ0v) is 26.0. The van der Waals surface area contributed by atoms with Gasteiger partial charge in [0.15, 0.2) is 0 Å². The molecule has 11 heteroatoms. The maximum absolute atomic E-state index is 15.6. The molecule has 0 spiro atoms. The molecule has 1 fully saturated rings. The van der Waals surface area contributed by atoms with Crippen LogP contribution in [0.4, 0.5) is 10.1 Å². The number of carbonyl (C=O) groups excluding carboxylic acids is 1. The first-order chi connectivity index (χ1) is 21.0. The molecule has 44 heavy (non-hydrogen) atoms. The first kappa shape index (κ1) is 31.2. The van der Waals surface area contributed by atoms with Gasteiger partial charge in [-0.1, -0.05) is 41.9 Å². The number of amides is 1. The number of aromatic nitrogens is 2. The Balaban J connectivity index is 1.48. The second kappa shape index (κ2) is 12.8. The summed E-state index contributed by atoms with van der Waals surface area (Å²) in [5.41, 5.74) is 2.86. The molecule has 1 saturated heterocycles. The summed E-state index contributed by atoms with van der Waals surface area (Å²) in [4.78, 5) is 39.8. The van der Waals surface area contributed by atoms with Crippen molar-refractivity contribution in [2.24, 2.45) is 14.1 Å². The van der Waals surface area contributed by atoms with Crippen molar-refractivity contribution in [2.45, 2.75) is 25.9 Å². The van der Waals surface area contributed by atoms with Crippen molar-refractivity contribution in [3.8, 4) is 28.0 Å². The Bertz CT molecular complexity index is 1860. The smallest absolute Gasteiger partial charge is 0.330 e. The van der Waals surface area contributed by atoms with Crippen LogP contribution in [0.25, 0.3) is 22.3 Å². The van der Waals surface area contributed by atoms with Crippen LogP contribution in [0.2, 0.25) is 5.02 Å². The molecule has 1 aliphatic heterocycles. The molecule has 1 atom stereocenters. The van der Waals surface area contributed by atoms with Crippen LogP contribution in [0.3, 0.4) is 0 Å². The molecule has 3 aromatic carbocycles. The number of aryl methyl sites for hydroxylation is 1. The Morgan fingerprint density at radius 2 is 1.84 bits per heavy atom. The van der Waals surface area contributed by atoms with Crippen molar-refractivity contribution in [2.75, 3.05) is 32.7 Å². The summed E-state index contributed by atoms with van der Waals surface area (Å²) in [7, 11) is 6.26. The van der Waals surface area contributed by atoms with Gasteiger partial charge in [-0.25, -0.2) is 9.18 Å². The molecule has 9 nitrogen and oxygen atoms in total. The van der Waals surface area contributed by atoms with E-state index in [2.05, 4.69) is 10.2 Å². The number of hydrogen-bond acceptors (Lipinski definition) is 6. The van der Waals surface area contributed by atoms with Gasteiger partial charge in [0.25, 0.3) is 11.5 Å². The zero-order valence-electron chi connectivity index (χ0n) is 25.2. The van der Waals surface area contributed by atoms with E-state index in [0.29, 0.717) is 64.0 Å². The molecule has 0 saturated carbocycles. The molecule has 1 aromatic heterocycles. The van der Waals surface area contributed by atoms with E-state index < -0.39 is 23.0 Å². The van der Waals surface area contributed by atoms with E-state index in [1.165, 1.54) is 38.0 Å². The van der Waals surface area contributed by atoms with Gasteiger partial charge in [-0.2, -0.15) is 0 Å². The molecule has 0 bridgehead atoms. The maximum Gasteiger partial charge on any atom is 0.330 e. The Labute approximate surface area is 259 Å². The number of carbonyl (C=O) groups is 1. The van der Waals surface area contributed by atoms with Crippen molar-refractivity contribution >= 4 is 23.2 Å². The number of likely N-dealkylation sites (N-methyl/N-ethyl adjacent to an activating group) is 1. The highest BCUT2D eigenvalue weighted by molar-refractivity contribution is 6.36. The second-order valence-electron chi connectivity index (χ2n) is 11.0. The third kappa shape index (κ3) is 5.93. The third-order valence-electron chi connectivity index (χ3n) is 8.18. The molecule has 2 heterocycles. The molecule has 1 N–H and O–H groups in total. The molecule has 0 radical (unpaired) electrons. The van der Waals surface area contributed by atoms with E-state index >= 15 is 4.39 Å². The predicted molar refractivity (Wildman–Crippen MR) is 169 cm³/mol. The lowest BCUT2D eigenvalue weighted by Crippen LogP contribution is -2.40. The van der Waals surface area contributed by atoms with E-state index in [1.54, 1.807) is 18.2 Å². The summed E-state index contributed by atoms with van der Waals surface area (Å²) < 4.78 is 28.8. The van der Waals surface area contributed by atoms with Gasteiger partial charge in [-0.05, 0) is 55.3 Å². The Hall–Kier alpha value is -4.25. The lowest BCUT2D eigenvalue weighted by atomic mass is 9.94. The Morgan fingerprint density at radius 1 is 1.14 bits per heavy atom. The average Bonchev–Trinajstić information content (AvgIpc) is 3.55. The third-order valence-corrected chi connectivity index (χ3v) is 8.59. The van der Waals surface area contributed by atoms with Gasteiger partial charge >= 0.3 is 5.69 Å². The summed E-state index contributed by atoms with van der Waals surface area (Å²) >= 11 is 6.98. The van der Waals surface area contributed by atoms with Crippen LogP contribution in [-0.2, 0) is 25.4 Å². The van der Waals surface area contributed by atoms with Crippen molar-refractivity contribution in [1.29, 1.82) is 0 Å². The number of methoxy groups -OCH3 is 1. The van der Waals surface area contributed by atoms with Crippen LogP contribution in [0.5, 0.6) is 5.75 Å². The largest absolute Gasteiger partial charge is 0.496 e. The van der Waals surface area contributed by atoms with Gasteiger partial charge in [0.05, 0.1) is 18.7 Å². The highest BCUT2D eigenvalue weighted by atomic mass is 35.5. The normalized spacial score (nSPS) is 14.7. The fourth-order valence-corrected chi connectivity index (χ4v) is 5.87. The van der Waals surface area contributed by atoms with E-state index in [1.807, 2.05) is 38.2 Å². The number of hydrogen-bond donors (Lipinski definition) is 1. The minimum absolute atomic E-state index is 0.165.